The minimum Gasteiger partial charge on any atom is -0.474 e. The molecule has 0 radical (unpaired) electrons. The molecule has 1 heterocycles. The van der Waals surface area contributed by atoms with Gasteiger partial charge in [-0.15, -0.1) is 0 Å². The van der Waals surface area contributed by atoms with Gasteiger partial charge in [0.2, 0.25) is 0 Å². The Hall–Kier alpha value is -2.12. The highest BCUT2D eigenvalue weighted by atomic mass is 19.4. The molecule has 0 aliphatic carbocycles. The molecule has 1 rings (SSSR count). The van der Waals surface area contributed by atoms with E-state index >= 15 is 0 Å². The van der Waals surface area contributed by atoms with Crippen LogP contribution in [-0.2, 0) is 15.8 Å². The summed E-state index contributed by atoms with van der Waals surface area (Å²) in [5, 5.41) is 10.0. The average Bonchev–Trinajstić information content (AvgIpc) is 2.17. The van der Waals surface area contributed by atoms with E-state index in [1.807, 2.05) is 0 Å². The standard InChI is InChI=1S/C8H5F3N2O3/c9-8(10,11)4-1-2-5(12-3-4)13-6(14)7(15)16/h1-3H,(H,15,16)(H,12,13,14). The lowest BCUT2D eigenvalue weighted by Crippen LogP contribution is -2.22. The van der Waals surface area contributed by atoms with Crippen LogP contribution < -0.4 is 5.32 Å². The lowest BCUT2D eigenvalue weighted by atomic mass is 10.3. The van der Waals surface area contributed by atoms with Gasteiger partial charge >= 0.3 is 18.1 Å². The number of carbonyl (C=O) groups excluding carboxylic acids is 1. The maximum Gasteiger partial charge on any atom is 0.417 e. The summed E-state index contributed by atoms with van der Waals surface area (Å²) in [4.78, 5) is 24.0. The number of nitrogens with zero attached hydrogens (tertiary/aromatic N) is 1. The number of nitrogens with one attached hydrogen (secondary N) is 1. The Kier molecular flexibility index (Phi) is 3.11. The molecule has 86 valence electrons. The van der Waals surface area contributed by atoms with Gasteiger partial charge in [-0.05, 0) is 12.1 Å². The maximum absolute atomic E-state index is 12.1. The molecule has 0 bridgehead atoms. The molecule has 0 saturated heterocycles. The van der Waals surface area contributed by atoms with Gasteiger partial charge in [-0.25, -0.2) is 9.78 Å². The summed E-state index contributed by atoms with van der Waals surface area (Å²) in [5.41, 5.74) is -0.985. The van der Waals surface area contributed by atoms with Crippen LogP contribution in [0.4, 0.5) is 19.0 Å². The van der Waals surface area contributed by atoms with Gasteiger partial charge in [0.05, 0.1) is 5.56 Å². The number of aliphatic carboxylic acids is 1. The lowest BCUT2D eigenvalue weighted by Gasteiger charge is -2.06. The van der Waals surface area contributed by atoms with Gasteiger partial charge in [-0.3, -0.25) is 4.79 Å². The van der Waals surface area contributed by atoms with E-state index < -0.39 is 23.6 Å². The van der Waals surface area contributed by atoms with Gasteiger partial charge in [0, 0.05) is 6.20 Å². The van der Waals surface area contributed by atoms with E-state index in [0.717, 1.165) is 6.07 Å². The first kappa shape index (κ1) is 12.0. The monoisotopic (exact) mass is 234 g/mol. The average molecular weight is 234 g/mol. The molecular weight excluding hydrogens is 229 g/mol. The van der Waals surface area contributed by atoms with E-state index in [2.05, 4.69) is 4.98 Å². The molecule has 0 aromatic carbocycles. The molecule has 16 heavy (non-hydrogen) atoms. The predicted molar refractivity (Wildman–Crippen MR) is 45.5 cm³/mol. The molecule has 0 aliphatic rings. The van der Waals surface area contributed by atoms with E-state index in [0.29, 0.717) is 12.3 Å². The topological polar surface area (TPSA) is 79.3 Å². The van der Waals surface area contributed by atoms with Crippen molar-refractivity contribution in [1.29, 1.82) is 0 Å². The Labute approximate surface area is 86.9 Å². The van der Waals surface area contributed by atoms with Crippen LogP contribution in [0.2, 0.25) is 0 Å². The summed E-state index contributed by atoms with van der Waals surface area (Å²) >= 11 is 0. The molecule has 1 aromatic rings. The second kappa shape index (κ2) is 4.17. The number of rotatable bonds is 1. The van der Waals surface area contributed by atoms with Crippen molar-refractivity contribution in [3.8, 4) is 0 Å². The van der Waals surface area contributed by atoms with E-state index in [1.54, 1.807) is 5.32 Å². The minimum atomic E-state index is -4.53. The third-order valence-corrected chi connectivity index (χ3v) is 1.53. The third kappa shape index (κ3) is 2.94. The van der Waals surface area contributed by atoms with Gasteiger partial charge in [-0.1, -0.05) is 0 Å². The number of aromatic nitrogens is 1. The molecule has 1 amide bonds. The van der Waals surface area contributed by atoms with E-state index in [9.17, 15) is 22.8 Å². The molecule has 0 saturated carbocycles. The fourth-order valence-electron chi connectivity index (χ4n) is 0.805. The highest BCUT2D eigenvalue weighted by Crippen LogP contribution is 2.28. The van der Waals surface area contributed by atoms with Crippen LogP contribution in [0.3, 0.4) is 0 Å². The molecule has 0 fully saturated rings. The van der Waals surface area contributed by atoms with Crippen LogP contribution in [0.5, 0.6) is 0 Å². The number of hydrogen-bond acceptors (Lipinski definition) is 3. The van der Waals surface area contributed by atoms with Gasteiger partial charge in [0.15, 0.2) is 0 Å². The highest BCUT2D eigenvalue weighted by molar-refractivity contribution is 6.36. The zero-order valence-electron chi connectivity index (χ0n) is 7.58. The van der Waals surface area contributed by atoms with Crippen molar-refractivity contribution >= 4 is 17.7 Å². The van der Waals surface area contributed by atoms with Crippen molar-refractivity contribution in [2.75, 3.05) is 5.32 Å². The van der Waals surface area contributed by atoms with Gasteiger partial charge in [0.1, 0.15) is 5.82 Å². The molecule has 0 unspecified atom stereocenters. The fraction of sp³-hybridized carbons (Fsp3) is 0.125. The number of alkyl halides is 3. The van der Waals surface area contributed by atoms with E-state index in [4.69, 9.17) is 5.11 Å². The zero-order valence-corrected chi connectivity index (χ0v) is 7.58. The number of pyridine rings is 1. The molecule has 5 nitrogen and oxygen atoms in total. The Morgan fingerprint density at radius 2 is 1.94 bits per heavy atom. The van der Waals surface area contributed by atoms with Crippen molar-refractivity contribution in [1.82, 2.24) is 4.98 Å². The molecule has 8 heteroatoms. The van der Waals surface area contributed by atoms with Crippen molar-refractivity contribution in [3.63, 3.8) is 0 Å². The smallest absolute Gasteiger partial charge is 0.417 e. The summed E-state index contributed by atoms with van der Waals surface area (Å²) in [6.07, 6.45) is -4.03. The molecular formula is C8H5F3N2O3. The lowest BCUT2D eigenvalue weighted by molar-refractivity contribution is -0.147. The Morgan fingerprint density at radius 1 is 1.31 bits per heavy atom. The summed E-state index contributed by atoms with van der Waals surface area (Å²) in [6, 6.07) is 1.55. The molecule has 2 N–H and O–H groups in total. The number of amides is 1. The normalized spacial score (nSPS) is 10.9. The van der Waals surface area contributed by atoms with Gasteiger partial charge in [-0.2, -0.15) is 13.2 Å². The summed E-state index contributed by atoms with van der Waals surface area (Å²) in [6.45, 7) is 0. The van der Waals surface area contributed by atoms with Crippen molar-refractivity contribution in [3.05, 3.63) is 23.9 Å². The van der Waals surface area contributed by atoms with Crippen molar-refractivity contribution in [2.24, 2.45) is 0 Å². The van der Waals surface area contributed by atoms with E-state index in [-0.39, 0.29) is 5.82 Å². The van der Waals surface area contributed by atoms with Crippen LogP contribution in [0.15, 0.2) is 18.3 Å². The Bertz CT molecular complexity index is 414. The number of hydrogen-bond donors (Lipinski definition) is 2. The molecule has 1 aromatic heterocycles. The Morgan fingerprint density at radius 3 is 2.31 bits per heavy atom. The fourth-order valence-corrected chi connectivity index (χ4v) is 0.805. The first-order chi connectivity index (χ1) is 7.30. The largest absolute Gasteiger partial charge is 0.474 e. The quantitative estimate of drug-likeness (QED) is 0.713. The first-order valence-corrected chi connectivity index (χ1v) is 3.88. The van der Waals surface area contributed by atoms with Crippen LogP contribution in [-0.4, -0.2) is 22.0 Å². The number of carboxylic acid groups (broad SMARTS) is 1. The van der Waals surface area contributed by atoms with Gasteiger partial charge in [0.25, 0.3) is 0 Å². The highest BCUT2D eigenvalue weighted by Gasteiger charge is 2.30. The summed E-state index contributed by atoms with van der Waals surface area (Å²) < 4.78 is 36.3. The molecule has 0 spiro atoms. The van der Waals surface area contributed by atoms with Crippen molar-refractivity contribution < 1.29 is 27.9 Å². The SMILES string of the molecule is O=C(O)C(=O)Nc1ccc(C(F)(F)F)cn1. The zero-order chi connectivity index (χ0) is 12.3. The number of anilines is 1. The van der Waals surface area contributed by atoms with Gasteiger partial charge < -0.3 is 10.4 Å². The number of carboxylic acids is 1. The molecule has 0 atom stereocenters. The van der Waals surface area contributed by atoms with E-state index in [1.165, 1.54) is 0 Å². The summed E-state index contributed by atoms with van der Waals surface area (Å²) in [5.74, 6) is -3.38. The second-order valence-corrected chi connectivity index (χ2v) is 2.69. The predicted octanol–water partition coefficient (Wildman–Crippen LogP) is 1.12. The van der Waals surface area contributed by atoms with Crippen LogP contribution in [0.1, 0.15) is 5.56 Å². The van der Waals surface area contributed by atoms with Crippen LogP contribution in [0, 0.1) is 0 Å². The van der Waals surface area contributed by atoms with Crippen LogP contribution in [0.25, 0.3) is 0 Å². The third-order valence-electron chi connectivity index (χ3n) is 1.53. The Balaban J connectivity index is 2.80. The second-order valence-electron chi connectivity index (χ2n) is 2.69. The number of halogens is 3. The summed E-state index contributed by atoms with van der Waals surface area (Å²) in [7, 11) is 0. The molecule has 0 aliphatic heterocycles. The number of carbonyl (C=O) groups is 2. The maximum atomic E-state index is 12.1. The minimum absolute atomic E-state index is 0.264. The van der Waals surface area contributed by atoms with Crippen molar-refractivity contribution in [2.45, 2.75) is 6.18 Å². The van der Waals surface area contributed by atoms with Crippen LogP contribution >= 0.6 is 0 Å². The first-order valence-electron chi connectivity index (χ1n) is 3.88.